The van der Waals surface area contributed by atoms with Gasteiger partial charge in [-0.05, 0) is 37.2 Å². The van der Waals surface area contributed by atoms with E-state index in [9.17, 15) is 39.9 Å². The van der Waals surface area contributed by atoms with Crippen molar-refractivity contribution < 1.29 is 39.9 Å². The minimum atomic E-state index is -2.93. The summed E-state index contributed by atoms with van der Waals surface area (Å²) in [5.74, 6) is -7.57. The van der Waals surface area contributed by atoms with Crippen LogP contribution in [0.4, 0.5) is 0 Å². The summed E-state index contributed by atoms with van der Waals surface area (Å²) in [4.78, 5) is 41.2. The molecule has 1 saturated carbocycles. The van der Waals surface area contributed by atoms with E-state index in [1.807, 2.05) is 27.7 Å². The molecule has 1 aromatic rings. The molecule has 1 amide bonds. The number of likely N-dealkylation sites (N-methyl/N-ethyl adjacent to an activating group) is 1. The molecule has 218 valence electrons. The van der Waals surface area contributed by atoms with Gasteiger partial charge in [-0.2, -0.15) is 11.8 Å². The number of ketones is 2. The lowest BCUT2D eigenvalue weighted by molar-refractivity contribution is -0.169. The molecule has 6 atom stereocenters. The summed E-state index contributed by atoms with van der Waals surface area (Å²) < 4.78 is 0. The molecule has 0 saturated heterocycles. The second kappa shape index (κ2) is 10.2. The Hall–Kier alpha value is -2.86. The average Bonchev–Trinajstić information content (AvgIpc) is 2.84. The summed E-state index contributed by atoms with van der Waals surface area (Å²) in [6.07, 6.45) is -0.746. The van der Waals surface area contributed by atoms with E-state index in [-0.39, 0.29) is 16.9 Å². The van der Waals surface area contributed by atoms with Crippen molar-refractivity contribution in [3.8, 4) is 5.75 Å². The molecule has 0 aliphatic heterocycles. The molecule has 4 rings (SSSR count). The number of aliphatic hydroxyl groups is 4. The van der Waals surface area contributed by atoms with Gasteiger partial charge in [0.2, 0.25) is 5.78 Å². The molecule has 1 aromatic carbocycles. The largest absolute Gasteiger partial charge is 0.508 e. The summed E-state index contributed by atoms with van der Waals surface area (Å²) in [5.41, 5.74) is 1.71. The van der Waals surface area contributed by atoms with Crippen molar-refractivity contribution in [2.24, 2.45) is 17.6 Å². The molecule has 0 heterocycles. The van der Waals surface area contributed by atoms with E-state index in [1.54, 1.807) is 23.9 Å². The van der Waals surface area contributed by atoms with Crippen LogP contribution in [0.2, 0.25) is 0 Å². The van der Waals surface area contributed by atoms with Gasteiger partial charge in [-0.3, -0.25) is 19.3 Å². The fourth-order valence-corrected chi connectivity index (χ4v) is 7.69. The first-order valence-corrected chi connectivity index (χ1v) is 14.5. The van der Waals surface area contributed by atoms with E-state index in [0.717, 1.165) is 12.2 Å². The minimum absolute atomic E-state index is 0.0259. The fourth-order valence-electron chi connectivity index (χ4n) is 6.59. The second-order valence-corrected chi connectivity index (χ2v) is 13.3. The predicted molar refractivity (Wildman–Crippen MR) is 151 cm³/mol. The number of phenols is 1. The van der Waals surface area contributed by atoms with Crippen LogP contribution in [0, 0.1) is 11.8 Å². The molecule has 0 aromatic heterocycles. The van der Waals surface area contributed by atoms with Crippen molar-refractivity contribution in [2.45, 2.75) is 63.2 Å². The minimum Gasteiger partial charge on any atom is -0.508 e. The van der Waals surface area contributed by atoms with Gasteiger partial charge in [-0.1, -0.05) is 39.8 Å². The lowest BCUT2D eigenvalue weighted by Crippen LogP contribution is -2.70. The maximum Gasteiger partial charge on any atom is 0.255 e. The first kappa shape index (κ1) is 30.1. The molecule has 0 bridgehead atoms. The van der Waals surface area contributed by atoms with Crippen LogP contribution in [0.1, 0.15) is 56.7 Å². The molecule has 3 unspecified atom stereocenters. The number of primary amides is 1. The highest BCUT2D eigenvalue weighted by Crippen LogP contribution is 2.57. The van der Waals surface area contributed by atoms with Crippen LogP contribution < -0.4 is 5.73 Å². The number of hydrogen-bond donors (Lipinski definition) is 6. The van der Waals surface area contributed by atoms with Gasteiger partial charge in [0.15, 0.2) is 11.4 Å². The molecule has 10 nitrogen and oxygen atoms in total. The molecule has 7 N–H and O–H groups in total. The molecule has 3 aliphatic rings. The van der Waals surface area contributed by atoms with Crippen LogP contribution in [0.3, 0.4) is 0 Å². The quantitative estimate of drug-likeness (QED) is 0.217. The van der Waals surface area contributed by atoms with Gasteiger partial charge in [0.25, 0.3) is 5.91 Å². The van der Waals surface area contributed by atoms with E-state index in [4.69, 9.17) is 5.73 Å². The molecular formula is C29H38N2O8S. The number of nitrogens with two attached hydrogens (primary N) is 1. The van der Waals surface area contributed by atoms with Crippen LogP contribution in [0.25, 0.3) is 5.76 Å². The Balaban J connectivity index is 2.07. The summed E-state index contributed by atoms with van der Waals surface area (Å²) in [6.45, 7) is 7.67. The summed E-state index contributed by atoms with van der Waals surface area (Å²) in [5, 5.41) is 57.9. The number of hydrogen-bond acceptors (Lipinski definition) is 10. The van der Waals surface area contributed by atoms with Crippen molar-refractivity contribution >= 4 is 35.0 Å². The number of Topliss-reactive ketones (excluding diaryl/α,β-unsaturated/α-hetero) is 2. The van der Waals surface area contributed by atoms with Gasteiger partial charge < -0.3 is 31.3 Å². The van der Waals surface area contributed by atoms with Gasteiger partial charge >= 0.3 is 0 Å². The van der Waals surface area contributed by atoms with Gasteiger partial charge in [-0.15, -0.1) is 0 Å². The SMILES string of the molecule is CCCSCC1c2ccc(C(C)(C)C)c(O)c2C(O)=C2C(=O)[C@]3(O)C(O)=C(C(N)=O)C(=O)[C@@H](N(C)C)C3[C@@H](O)C21. The number of aliphatic hydroxyl groups excluding tert-OH is 3. The number of fused-ring (bicyclic) bond motifs is 3. The second-order valence-electron chi connectivity index (χ2n) is 12.1. The van der Waals surface area contributed by atoms with Crippen LogP contribution >= 0.6 is 11.8 Å². The number of thioether (sulfide) groups is 1. The molecule has 3 aliphatic carbocycles. The number of aromatic hydroxyl groups is 1. The number of phenolic OH excluding ortho intramolecular Hbond substituents is 1. The molecular weight excluding hydrogens is 536 g/mol. The van der Waals surface area contributed by atoms with Gasteiger partial charge in [-0.25, -0.2) is 0 Å². The maximum atomic E-state index is 14.3. The lowest BCUT2D eigenvalue weighted by Gasteiger charge is -2.54. The highest BCUT2D eigenvalue weighted by atomic mass is 32.2. The van der Waals surface area contributed by atoms with Crippen LogP contribution in [0.15, 0.2) is 29.0 Å². The first-order chi connectivity index (χ1) is 18.5. The van der Waals surface area contributed by atoms with Crippen molar-refractivity contribution in [2.75, 3.05) is 25.6 Å². The van der Waals surface area contributed by atoms with Gasteiger partial charge in [0, 0.05) is 28.7 Å². The Labute approximate surface area is 237 Å². The Morgan fingerprint density at radius 3 is 2.30 bits per heavy atom. The fraction of sp³-hybridized carbons (Fsp3) is 0.552. The molecule has 11 heteroatoms. The van der Waals surface area contributed by atoms with Crippen molar-refractivity contribution in [1.82, 2.24) is 4.90 Å². The van der Waals surface area contributed by atoms with E-state index in [1.165, 1.54) is 19.0 Å². The van der Waals surface area contributed by atoms with Crippen molar-refractivity contribution in [3.63, 3.8) is 0 Å². The summed E-state index contributed by atoms with van der Waals surface area (Å²) in [6, 6.07) is 2.15. The molecule has 0 radical (unpaired) electrons. The van der Waals surface area contributed by atoms with Crippen LogP contribution in [-0.4, -0.2) is 91.3 Å². The number of carbonyl (C=O) groups is 3. The smallest absolute Gasteiger partial charge is 0.255 e. The third-order valence-corrected chi connectivity index (χ3v) is 9.68. The Kier molecular flexibility index (Phi) is 7.68. The van der Waals surface area contributed by atoms with E-state index in [2.05, 4.69) is 0 Å². The van der Waals surface area contributed by atoms with E-state index < -0.39 is 75.5 Å². The Morgan fingerprint density at radius 2 is 1.77 bits per heavy atom. The number of rotatable bonds is 6. The maximum absolute atomic E-state index is 14.3. The normalized spacial score (nSPS) is 30.4. The number of nitrogens with zero attached hydrogens (tertiary/aromatic N) is 1. The monoisotopic (exact) mass is 574 g/mol. The van der Waals surface area contributed by atoms with E-state index in [0.29, 0.717) is 16.9 Å². The topological polar surface area (TPSA) is 182 Å². The summed E-state index contributed by atoms with van der Waals surface area (Å²) >= 11 is 1.57. The first-order valence-electron chi connectivity index (χ1n) is 13.3. The van der Waals surface area contributed by atoms with Gasteiger partial charge in [0.05, 0.1) is 23.6 Å². The highest BCUT2D eigenvalue weighted by molar-refractivity contribution is 7.99. The Morgan fingerprint density at radius 1 is 1.15 bits per heavy atom. The number of carbonyl (C=O) groups excluding carboxylic acids is 3. The third kappa shape index (κ3) is 4.17. The number of amides is 1. The Bertz CT molecular complexity index is 1340. The predicted octanol–water partition coefficient (Wildman–Crippen LogP) is 1.92. The third-order valence-electron chi connectivity index (χ3n) is 8.39. The van der Waals surface area contributed by atoms with Gasteiger partial charge in [0.1, 0.15) is 22.8 Å². The van der Waals surface area contributed by atoms with Crippen molar-refractivity contribution in [1.29, 1.82) is 0 Å². The average molecular weight is 575 g/mol. The number of benzene rings is 1. The molecule has 1 fully saturated rings. The van der Waals surface area contributed by atoms with Crippen LogP contribution in [-0.2, 0) is 19.8 Å². The lowest BCUT2D eigenvalue weighted by atomic mass is 9.54. The molecule has 0 spiro atoms. The van der Waals surface area contributed by atoms with Crippen molar-refractivity contribution in [3.05, 3.63) is 45.7 Å². The molecule has 40 heavy (non-hydrogen) atoms. The summed E-state index contributed by atoms with van der Waals surface area (Å²) in [7, 11) is 2.97. The van der Waals surface area contributed by atoms with Crippen LogP contribution in [0.5, 0.6) is 5.75 Å². The standard InChI is InChI=1S/C29H38N2O8S/c1-7-10-40-11-13-12-8-9-14(28(2,3)4)21(32)16(12)22(33)17-15(13)23(34)19-20(31(5)6)24(35)18(27(30)38)26(37)29(19,39)25(17)36/h8-9,13,15,19-20,23,32-34,37,39H,7,10-11H2,1-6H3,(H2,30,38)/t13?,15?,19?,20-,23-,29-/m0/s1. The highest BCUT2D eigenvalue weighted by Gasteiger charge is 2.68. The van der Waals surface area contributed by atoms with E-state index >= 15 is 0 Å². The zero-order chi connectivity index (χ0) is 30.1. The zero-order valence-corrected chi connectivity index (χ0v) is 24.4. The zero-order valence-electron chi connectivity index (χ0n) is 23.6.